The van der Waals surface area contributed by atoms with Crippen LogP contribution in [0, 0.1) is 0 Å². The van der Waals surface area contributed by atoms with Crippen LogP contribution in [0.2, 0.25) is 0 Å². The lowest BCUT2D eigenvalue weighted by molar-refractivity contribution is -0.127. The van der Waals surface area contributed by atoms with Gasteiger partial charge >= 0.3 is 0 Å². The predicted octanol–water partition coefficient (Wildman–Crippen LogP) is 11.5. The van der Waals surface area contributed by atoms with E-state index in [2.05, 4.69) is 13.8 Å². The highest BCUT2D eigenvalue weighted by Crippen LogP contribution is 2.15. The van der Waals surface area contributed by atoms with E-state index in [1.54, 1.807) is 0 Å². The average molecular weight is 493 g/mol. The minimum atomic E-state index is 0.168. The quantitative estimate of drug-likeness (QED) is 0.0737. The molecule has 0 unspecified atom stereocenters. The third kappa shape index (κ3) is 29.5. The van der Waals surface area contributed by atoms with E-state index in [9.17, 15) is 9.59 Å². The van der Waals surface area contributed by atoms with Gasteiger partial charge in [-0.2, -0.15) is 0 Å². The second-order valence-electron chi connectivity index (χ2n) is 11.2. The number of rotatable bonds is 30. The fourth-order valence-electron chi connectivity index (χ4n) is 5.08. The molecule has 208 valence electrons. The molecule has 0 saturated heterocycles. The van der Waals surface area contributed by atoms with Crippen LogP contribution in [0.3, 0.4) is 0 Å². The molecule has 0 amide bonds. The Morgan fingerprint density at radius 3 is 0.743 bits per heavy atom. The smallest absolute Gasteiger partial charge is 0.140 e. The summed E-state index contributed by atoms with van der Waals surface area (Å²) in [4.78, 5) is 24.0. The van der Waals surface area contributed by atoms with Gasteiger partial charge in [-0.05, 0) is 12.8 Å². The summed E-state index contributed by atoms with van der Waals surface area (Å²) >= 11 is 0. The first-order valence-electron chi connectivity index (χ1n) is 16.2. The van der Waals surface area contributed by atoms with E-state index in [1.807, 2.05) is 0 Å². The van der Waals surface area contributed by atoms with Crippen molar-refractivity contribution in [1.29, 1.82) is 0 Å². The molecule has 0 aromatic heterocycles. The SMILES string of the molecule is CCCCCCCCCCCCCCCCCCCCCC(=O)CC(=O)CCCCCCCCC. The van der Waals surface area contributed by atoms with Crippen LogP contribution in [0.15, 0.2) is 0 Å². The van der Waals surface area contributed by atoms with Crippen molar-refractivity contribution in [3.05, 3.63) is 0 Å². The Hall–Kier alpha value is -0.660. The topological polar surface area (TPSA) is 34.1 Å². The van der Waals surface area contributed by atoms with E-state index < -0.39 is 0 Å². The van der Waals surface area contributed by atoms with Gasteiger partial charge in [0, 0.05) is 12.8 Å². The fourth-order valence-corrected chi connectivity index (χ4v) is 5.08. The van der Waals surface area contributed by atoms with Gasteiger partial charge in [-0.3, -0.25) is 9.59 Å². The maximum absolute atomic E-state index is 12.0. The zero-order valence-electron chi connectivity index (χ0n) is 24.3. The summed E-state index contributed by atoms with van der Waals surface area (Å²) < 4.78 is 0. The molecule has 0 aliphatic carbocycles. The number of ketones is 2. The van der Waals surface area contributed by atoms with Gasteiger partial charge in [-0.15, -0.1) is 0 Å². The van der Waals surface area contributed by atoms with Crippen molar-refractivity contribution in [1.82, 2.24) is 0 Å². The normalized spacial score (nSPS) is 11.3. The van der Waals surface area contributed by atoms with Crippen molar-refractivity contribution < 1.29 is 9.59 Å². The molecule has 0 aliphatic heterocycles. The lowest BCUT2D eigenvalue weighted by Crippen LogP contribution is -2.07. The Labute approximate surface area is 221 Å². The first-order valence-corrected chi connectivity index (χ1v) is 16.2. The molecule has 0 aromatic rings. The zero-order valence-corrected chi connectivity index (χ0v) is 24.3. The van der Waals surface area contributed by atoms with E-state index in [1.165, 1.54) is 141 Å². The van der Waals surface area contributed by atoms with Crippen molar-refractivity contribution in [2.75, 3.05) is 0 Å². The molecule has 0 saturated carbocycles. The van der Waals surface area contributed by atoms with Gasteiger partial charge in [-0.25, -0.2) is 0 Å². The van der Waals surface area contributed by atoms with Crippen LogP contribution in [0.5, 0.6) is 0 Å². The van der Waals surface area contributed by atoms with Crippen LogP contribution in [-0.2, 0) is 9.59 Å². The third-order valence-electron chi connectivity index (χ3n) is 7.51. The number of carbonyl (C=O) groups is 2. The molecule has 0 rings (SSSR count). The molecular weight excluding hydrogens is 428 g/mol. The maximum Gasteiger partial charge on any atom is 0.140 e. The van der Waals surface area contributed by atoms with Crippen LogP contribution < -0.4 is 0 Å². The largest absolute Gasteiger partial charge is 0.299 e. The number of carbonyl (C=O) groups excluding carboxylic acids is 2. The second kappa shape index (κ2) is 29.6. The summed E-state index contributed by atoms with van der Waals surface area (Å²) in [7, 11) is 0. The average Bonchev–Trinajstić information content (AvgIpc) is 2.85. The van der Waals surface area contributed by atoms with Crippen LogP contribution in [0.25, 0.3) is 0 Å². The van der Waals surface area contributed by atoms with Crippen LogP contribution >= 0.6 is 0 Å². The Morgan fingerprint density at radius 1 is 0.314 bits per heavy atom. The third-order valence-corrected chi connectivity index (χ3v) is 7.51. The summed E-state index contributed by atoms with van der Waals surface area (Å²) in [5, 5.41) is 0. The molecule has 2 nitrogen and oxygen atoms in total. The number of unbranched alkanes of at least 4 members (excludes halogenated alkanes) is 24. The first-order chi connectivity index (χ1) is 17.2. The highest BCUT2D eigenvalue weighted by molar-refractivity contribution is 5.98. The summed E-state index contributed by atoms with van der Waals surface area (Å²) in [5.74, 6) is 0.339. The molecule has 0 fully saturated rings. The van der Waals surface area contributed by atoms with Crippen molar-refractivity contribution in [2.45, 2.75) is 200 Å². The molecule has 0 radical (unpaired) electrons. The standard InChI is InChI=1S/C33H64O2/c1-3-5-7-9-11-12-13-14-15-16-17-18-19-20-21-22-24-26-28-30-33(35)31-32(34)29-27-25-23-10-8-6-4-2/h3-31H2,1-2H3. The van der Waals surface area contributed by atoms with Crippen molar-refractivity contribution in [3.8, 4) is 0 Å². The van der Waals surface area contributed by atoms with Crippen LogP contribution in [0.4, 0.5) is 0 Å². The molecular formula is C33H64O2. The molecule has 0 spiro atoms. The maximum atomic E-state index is 12.0. The summed E-state index contributed by atoms with van der Waals surface area (Å²) in [6, 6.07) is 0. The zero-order chi connectivity index (χ0) is 25.7. The van der Waals surface area contributed by atoms with Crippen LogP contribution in [0.1, 0.15) is 200 Å². The first kappa shape index (κ1) is 34.3. The Kier molecular flexibility index (Phi) is 29.0. The van der Waals surface area contributed by atoms with Crippen molar-refractivity contribution >= 4 is 11.6 Å². The van der Waals surface area contributed by atoms with E-state index >= 15 is 0 Å². The van der Waals surface area contributed by atoms with Gasteiger partial charge in [0.05, 0.1) is 6.42 Å². The van der Waals surface area contributed by atoms with Crippen LogP contribution in [-0.4, -0.2) is 11.6 Å². The molecule has 0 aromatic carbocycles. The number of hydrogen-bond donors (Lipinski definition) is 0. The Balaban J connectivity index is 3.23. The Bertz CT molecular complexity index is 442. The summed E-state index contributed by atoms with van der Waals surface area (Å²) in [5.41, 5.74) is 0. The van der Waals surface area contributed by atoms with Crippen molar-refractivity contribution in [3.63, 3.8) is 0 Å². The molecule has 0 N–H and O–H groups in total. The van der Waals surface area contributed by atoms with E-state index in [4.69, 9.17) is 0 Å². The molecule has 0 atom stereocenters. The molecule has 35 heavy (non-hydrogen) atoms. The van der Waals surface area contributed by atoms with Gasteiger partial charge in [-0.1, -0.05) is 168 Å². The molecule has 0 aliphatic rings. The van der Waals surface area contributed by atoms with Crippen molar-refractivity contribution in [2.24, 2.45) is 0 Å². The lowest BCUT2D eigenvalue weighted by atomic mass is 10.0. The highest BCUT2D eigenvalue weighted by Gasteiger charge is 2.09. The molecule has 2 heteroatoms. The van der Waals surface area contributed by atoms with Gasteiger partial charge in [0.1, 0.15) is 11.6 Å². The Morgan fingerprint density at radius 2 is 0.514 bits per heavy atom. The van der Waals surface area contributed by atoms with E-state index in [-0.39, 0.29) is 18.0 Å². The van der Waals surface area contributed by atoms with Gasteiger partial charge in [0.25, 0.3) is 0 Å². The summed E-state index contributed by atoms with van der Waals surface area (Å²) in [6.45, 7) is 4.52. The van der Waals surface area contributed by atoms with Gasteiger partial charge < -0.3 is 0 Å². The molecule has 0 bridgehead atoms. The van der Waals surface area contributed by atoms with Gasteiger partial charge in [0.15, 0.2) is 0 Å². The second-order valence-corrected chi connectivity index (χ2v) is 11.2. The number of Topliss-reactive ketones (excluding diaryl/α,β-unsaturated/α-hetero) is 2. The predicted molar refractivity (Wildman–Crippen MR) is 155 cm³/mol. The fraction of sp³-hybridized carbons (Fsp3) is 0.939. The van der Waals surface area contributed by atoms with E-state index in [0.29, 0.717) is 12.8 Å². The minimum absolute atomic E-state index is 0.168. The highest BCUT2D eigenvalue weighted by atomic mass is 16.1. The van der Waals surface area contributed by atoms with Gasteiger partial charge in [0.2, 0.25) is 0 Å². The minimum Gasteiger partial charge on any atom is -0.299 e. The summed E-state index contributed by atoms with van der Waals surface area (Å²) in [6.07, 6.45) is 36.0. The number of hydrogen-bond acceptors (Lipinski definition) is 2. The van der Waals surface area contributed by atoms with E-state index in [0.717, 1.165) is 25.7 Å². The monoisotopic (exact) mass is 492 g/mol. The lowest BCUT2D eigenvalue weighted by Gasteiger charge is -2.04. The molecule has 0 heterocycles.